The van der Waals surface area contributed by atoms with Crippen LogP contribution in [0, 0.1) is 0 Å². The molecule has 19 heavy (non-hydrogen) atoms. The number of benzene rings is 1. The fraction of sp³-hybridized carbons (Fsp3) is 0.429. The summed E-state index contributed by atoms with van der Waals surface area (Å²) in [5.41, 5.74) is 1.16. The molecule has 0 atom stereocenters. The number of aliphatic hydroxyl groups is 1. The number of amides is 1. The molecule has 1 aliphatic heterocycles. The summed E-state index contributed by atoms with van der Waals surface area (Å²) in [6.07, 6.45) is 0.797. The zero-order valence-corrected chi connectivity index (χ0v) is 10.9. The van der Waals surface area contributed by atoms with Gasteiger partial charge in [-0.3, -0.25) is 9.59 Å². The van der Waals surface area contributed by atoms with E-state index >= 15 is 0 Å². The molecule has 1 amide bonds. The first-order valence-corrected chi connectivity index (χ1v) is 6.32. The summed E-state index contributed by atoms with van der Waals surface area (Å²) in [5, 5.41) is 8.92. The van der Waals surface area contributed by atoms with Gasteiger partial charge >= 0.3 is 0 Å². The highest BCUT2D eigenvalue weighted by Crippen LogP contribution is 2.32. The van der Waals surface area contributed by atoms with E-state index in [0.29, 0.717) is 43.0 Å². The molecule has 1 aromatic rings. The lowest BCUT2D eigenvalue weighted by molar-refractivity contribution is -0.118. The third-order valence-electron chi connectivity index (χ3n) is 3.07. The second kappa shape index (κ2) is 5.84. The van der Waals surface area contributed by atoms with Gasteiger partial charge in [-0.25, -0.2) is 0 Å². The minimum atomic E-state index is -0.0541. The van der Waals surface area contributed by atoms with E-state index in [1.54, 1.807) is 23.1 Å². The first kappa shape index (κ1) is 13.5. The predicted octanol–water partition coefficient (Wildman–Crippen LogP) is 1.39. The molecule has 0 saturated heterocycles. The van der Waals surface area contributed by atoms with Crippen LogP contribution in [-0.4, -0.2) is 36.6 Å². The Hall–Kier alpha value is -1.88. The van der Waals surface area contributed by atoms with Crippen molar-refractivity contribution in [3.8, 4) is 5.75 Å². The molecule has 102 valence electrons. The van der Waals surface area contributed by atoms with Crippen LogP contribution in [0.2, 0.25) is 0 Å². The molecule has 1 aromatic carbocycles. The van der Waals surface area contributed by atoms with Crippen LogP contribution < -0.4 is 9.64 Å². The Bertz CT molecular complexity index is 498. The van der Waals surface area contributed by atoms with E-state index in [-0.39, 0.29) is 18.3 Å². The van der Waals surface area contributed by atoms with Crippen molar-refractivity contribution in [1.29, 1.82) is 0 Å². The van der Waals surface area contributed by atoms with Gasteiger partial charge < -0.3 is 14.7 Å². The molecule has 5 heteroatoms. The van der Waals surface area contributed by atoms with Crippen LogP contribution >= 0.6 is 0 Å². The van der Waals surface area contributed by atoms with Gasteiger partial charge in [-0.05, 0) is 31.5 Å². The van der Waals surface area contributed by atoms with E-state index in [1.807, 2.05) is 0 Å². The van der Waals surface area contributed by atoms with Crippen molar-refractivity contribution in [1.82, 2.24) is 0 Å². The van der Waals surface area contributed by atoms with Gasteiger partial charge in [0.2, 0.25) is 5.91 Å². The van der Waals surface area contributed by atoms with Gasteiger partial charge in [-0.1, -0.05) is 0 Å². The number of anilines is 1. The molecule has 1 heterocycles. The Labute approximate surface area is 111 Å². The Balaban J connectivity index is 2.40. The lowest BCUT2D eigenvalue weighted by Gasteiger charge is -2.22. The number of ketones is 1. The van der Waals surface area contributed by atoms with Crippen LogP contribution in [0.25, 0.3) is 0 Å². The summed E-state index contributed by atoms with van der Waals surface area (Å²) in [4.78, 5) is 25.1. The van der Waals surface area contributed by atoms with Gasteiger partial charge in [0, 0.05) is 18.7 Å². The van der Waals surface area contributed by atoms with Crippen LogP contribution in [0.5, 0.6) is 5.75 Å². The van der Waals surface area contributed by atoms with Crippen molar-refractivity contribution in [3.63, 3.8) is 0 Å². The number of hydrogen-bond donors (Lipinski definition) is 1. The molecule has 0 bridgehead atoms. The van der Waals surface area contributed by atoms with Crippen LogP contribution in [-0.2, 0) is 4.79 Å². The number of aliphatic hydroxyl groups excluding tert-OH is 1. The quantitative estimate of drug-likeness (QED) is 0.833. The zero-order valence-electron chi connectivity index (χ0n) is 10.9. The highest BCUT2D eigenvalue weighted by molar-refractivity contribution is 5.99. The van der Waals surface area contributed by atoms with E-state index in [2.05, 4.69) is 0 Å². The topological polar surface area (TPSA) is 66.8 Å². The average molecular weight is 263 g/mol. The third kappa shape index (κ3) is 2.93. The van der Waals surface area contributed by atoms with Crippen LogP contribution in [0.3, 0.4) is 0 Å². The zero-order chi connectivity index (χ0) is 13.8. The first-order valence-electron chi connectivity index (χ1n) is 6.32. The molecule has 0 radical (unpaired) electrons. The van der Waals surface area contributed by atoms with Crippen molar-refractivity contribution in [2.75, 3.05) is 24.7 Å². The number of Topliss-reactive ketones (excluding diaryl/α,β-unsaturated/α-hetero) is 1. The minimum absolute atomic E-state index is 0.0202. The molecule has 1 N–H and O–H groups in total. The SMILES string of the molecule is CC(=O)c1ccc2c(c1)N(CCCO)C(=O)CCO2. The molecular formula is C14H17NO4. The molecule has 0 unspecified atom stereocenters. The second-order valence-electron chi connectivity index (χ2n) is 4.46. The van der Waals surface area contributed by atoms with E-state index in [0.717, 1.165) is 0 Å². The molecule has 0 spiro atoms. The lowest BCUT2D eigenvalue weighted by atomic mass is 10.1. The summed E-state index contributed by atoms with van der Waals surface area (Å²) in [6.45, 7) is 2.26. The number of carbonyl (C=O) groups excluding carboxylic acids is 2. The van der Waals surface area contributed by atoms with Crippen molar-refractivity contribution in [3.05, 3.63) is 23.8 Å². The molecule has 0 fully saturated rings. The summed E-state index contributed by atoms with van der Waals surface area (Å²) in [6, 6.07) is 5.09. The average Bonchev–Trinajstić information content (AvgIpc) is 2.54. The van der Waals surface area contributed by atoms with E-state index in [1.165, 1.54) is 6.92 Å². The molecule has 0 saturated carbocycles. The monoisotopic (exact) mass is 263 g/mol. The summed E-state index contributed by atoms with van der Waals surface area (Å²) in [7, 11) is 0. The van der Waals surface area contributed by atoms with Crippen LogP contribution in [0.4, 0.5) is 5.69 Å². The van der Waals surface area contributed by atoms with Gasteiger partial charge in [-0.15, -0.1) is 0 Å². The van der Waals surface area contributed by atoms with E-state index in [9.17, 15) is 9.59 Å². The number of rotatable bonds is 4. The lowest BCUT2D eigenvalue weighted by Crippen LogP contribution is -2.31. The van der Waals surface area contributed by atoms with Crippen molar-refractivity contribution < 1.29 is 19.4 Å². The molecule has 5 nitrogen and oxygen atoms in total. The number of hydrogen-bond acceptors (Lipinski definition) is 4. The first-order chi connectivity index (χ1) is 9.13. The highest BCUT2D eigenvalue weighted by Gasteiger charge is 2.23. The van der Waals surface area contributed by atoms with E-state index in [4.69, 9.17) is 9.84 Å². The Morgan fingerprint density at radius 3 is 2.95 bits per heavy atom. The van der Waals surface area contributed by atoms with Gasteiger partial charge in [0.25, 0.3) is 0 Å². The second-order valence-corrected chi connectivity index (χ2v) is 4.46. The molecule has 0 aliphatic carbocycles. The normalized spacial score (nSPS) is 14.6. The number of carbonyl (C=O) groups is 2. The standard InChI is InChI=1S/C14H17NO4/c1-10(17)11-3-4-13-12(9-11)15(6-2-7-16)14(18)5-8-19-13/h3-4,9,16H,2,5-8H2,1H3. The van der Waals surface area contributed by atoms with Gasteiger partial charge in [0.05, 0.1) is 18.7 Å². The van der Waals surface area contributed by atoms with Gasteiger partial charge in [0.15, 0.2) is 5.78 Å². The minimum Gasteiger partial charge on any atom is -0.491 e. The maximum absolute atomic E-state index is 12.0. The largest absolute Gasteiger partial charge is 0.491 e. The highest BCUT2D eigenvalue weighted by atomic mass is 16.5. The summed E-state index contributed by atoms with van der Waals surface area (Å²) in [5.74, 6) is 0.503. The Morgan fingerprint density at radius 1 is 1.47 bits per heavy atom. The smallest absolute Gasteiger partial charge is 0.230 e. The summed E-state index contributed by atoms with van der Waals surface area (Å²) >= 11 is 0. The van der Waals surface area contributed by atoms with Crippen LogP contribution in [0.1, 0.15) is 30.1 Å². The molecular weight excluding hydrogens is 246 g/mol. The number of ether oxygens (including phenoxy) is 1. The van der Waals surface area contributed by atoms with Crippen molar-refractivity contribution in [2.24, 2.45) is 0 Å². The summed E-state index contributed by atoms with van der Waals surface area (Å²) < 4.78 is 5.53. The van der Waals surface area contributed by atoms with Crippen LogP contribution in [0.15, 0.2) is 18.2 Å². The molecule has 2 rings (SSSR count). The Kier molecular flexibility index (Phi) is 4.16. The van der Waals surface area contributed by atoms with Gasteiger partial charge in [-0.2, -0.15) is 0 Å². The fourth-order valence-electron chi connectivity index (χ4n) is 2.06. The van der Waals surface area contributed by atoms with Crippen molar-refractivity contribution in [2.45, 2.75) is 19.8 Å². The van der Waals surface area contributed by atoms with Crippen molar-refractivity contribution >= 4 is 17.4 Å². The van der Waals surface area contributed by atoms with E-state index < -0.39 is 0 Å². The number of nitrogens with zero attached hydrogens (tertiary/aromatic N) is 1. The number of fused-ring (bicyclic) bond motifs is 1. The third-order valence-corrected chi connectivity index (χ3v) is 3.07. The molecule has 1 aliphatic rings. The van der Waals surface area contributed by atoms with Gasteiger partial charge in [0.1, 0.15) is 5.75 Å². The maximum atomic E-state index is 12.0. The Morgan fingerprint density at radius 2 is 2.26 bits per heavy atom. The predicted molar refractivity (Wildman–Crippen MR) is 70.6 cm³/mol. The molecule has 0 aromatic heterocycles. The fourth-order valence-corrected chi connectivity index (χ4v) is 2.06. The maximum Gasteiger partial charge on any atom is 0.230 e.